The predicted octanol–water partition coefficient (Wildman–Crippen LogP) is 3.13. The van der Waals surface area contributed by atoms with Gasteiger partial charge in [-0.05, 0) is 24.6 Å². The summed E-state index contributed by atoms with van der Waals surface area (Å²) in [7, 11) is -3.59. The smallest absolute Gasteiger partial charge is 0.243 e. The molecule has 0 amide bonds. The number of piperidine rings is 1. The Hall–Kier alpha value is -2.18. The van der Waals surface area contributed by atoms with Crippen molar-refractivity contribution in [3.05, 3.63) is 65.7 Å². The number of nitrogens with zero attached hydrogens (tertiary/aromatic N) is 2. The number of sulfonamides is 1. The Labute approximate surface area is 148 Å². The number of oxime groups is 1. The van der Waals surface area contributed by atoms with Gasteiger partial charge < -0.3 is 4.84 Å². The maximum absolute atomic E-state index is 13.3. The van der Waals surface area contributed by atoms with Crippen LogP contribution < -0.4 is 0 Å². The topological polar surface area (TPSA) is 59.0 Å². The van der Waals surface area contributed by atoms with Crippen LogP contribution >= 0.6 is 0 Å². The molecule has 2 aromatic rings. The molecule has 0 unspecified atom stereocenters. The first-order valence-corrected chi connectivity index (χ1v) is 9.82. The number of benzene rings is 2. The minimum Gasteiger partial charge on any atom is -0.395 e. The summed E-state index contributed by atoms with van der Waals surface area (Å²) in [4.78, 5) is 5.56. The van der Waals surface area contributed by atoms with Crippen LogP contribution in [0.2, 0.25) is 0 Å². The molecule has 0 saturated carbocycles. The molecule has 2 atom stereocenters. The fraction of sp³-hybridized carbons (Fsp3) is 0.316. The Kier molecular flexibility index (Phi) is 4.09. The average Bonchev–Trinajstić information content (AvgIpc) is 3.09. The van der Waals surface area contributed by atoms with E-state index in [0.29, 0.717) is 24.5 Å². The quantitative estimate of drug-likeness (QED) is 0.849. The zero-order valence-corrected chi connectivity index (χ0v) is 14.8. The first kappa shape index (κ1) is 16.3. The van der Waals surface area contributed by atoms with E-state index in [-0.39, 0.29) is 12.0 Å². The molecule has 0 bridgehead atoms. The van der Waals surface area contributed by atoms with Crippen LogP contribution in [0.4, 0.5) is 0 Å². The minimum atomic E-state index is -3.59. The van der Waals surface area contributed by atoms with Crippen LogP contribution in [0.1, 0.15) is 23.6 Å². The van der Waals surface area contributed by atoms with Crippen molar-refractivity contribution in [3.8, 4) is 0 Å². The third-order valence-electron chi connectivity index (χ3n) is 4.89. The molecule has 130 valence electrons. The number of rotatable bonds is 3. The van der Waals surface area contributed by atoms with Crippen molar-refractivity contribution < 1.29 is 13.3 Å². The highest BCUT2D eigenvalue weighted by molar-refractivity contribution is 7.89. The van der Waals surface area contributed by atoms with Gasteiger partial charge in [-0.3, -0.25) is 0 Å². The van der Waals surface area contributed by atoms with E-state index in [2.05, 4.69) is 5.16 Å². The van der Waals surface area contributed by atoms with Gasteiger partial charge in [-0.2, -0.15) is 4.31 Å². The van der Waals surface area contributed by atoms with Crippen LogP contribution in [0.5, 0.6) is 0 Å². The van der Waals surface area contributed by atoms with E-state index in [1.54, 1.807) is 16.4 Å². The highest BCUT2D eigenvalue weighted by Crippen LogP contribution is 2.38. The van der Waals surface area contributed by atoms with E-state index in [1.165, 1.54) is 0 Å². The van der Waals surface area contributed by atoms with Gasteiger partial charge in [-0.1, -0.05) is 53.2 Å². The molecule has 0 aromatic heterocycles. The summed E-state index contributed by atoms with van der Waals surface area (Å²) in [6, 6.07) is 16.5. The number of hydrogen-bond acceptors (Lipinski definition) is 4. The molecule has 2 heterocycles. The largest absolute Gasteiger partial charge is 0.395 e. The fourth-order valence-electron chi connectivity index (χ4n) is 3.46. The number of hydrogen-bond donors (Lipinski definition) is 0. The maximum atomic E-state index is 13.3. The molecule has 2 aliphatic rings. The van der Waals surface area contributed by atoms with E-state index in [0.717, 1.165) is 16.8 Å². The van der Waals surface area contributed by atoms with Crippen molar-refractivity contribution >= 4 is 15.7 Å². The van der Waals surface area contributed by atoms with Gasteiger partial charge in [-0.25, -0.2) is 8.42 Å². The van der Waals surface area contributed by atoms with Gasteiger partial charge in [0.05, 0.1) is 22.6 Å². The Bertz CT molecular complexity index is 892. The molecule has 0 spiro atoms. The van der Waals surface area contributed by atoms with Gasteiger partial charge in [0.25, 0.3) is 0 Å². The second kappa shape index (κ2) is 6.28. The highest BCUT2D eigenvalue weighted by atomic mass is 32.2. The standard InChI is InChI=1S/C19H20N2O3S/c1-14-7-9-17(10-8-14)25(22,23)21-12-16-13-24-20-18(16)11-19(21)15-5-3-2-4-6-15/h2-10,16,19H,11-13H2,1H3/t16-,19-/m0/s1. The molecular formula is C19H20N2O3S. The normalized spacial score (nSPS) is 23.6. The van der Waals surface area contributed by atoms with E-state index < -0.39 is 10.0 Å². The lowest BCUT2D eigenvalue weighted by atomic mass is 9.90. The van der Waals surface area contributed by atoms with Crippen molar-refractivity contribution in [1.29, 1.82) is 0 Å². The van der Waals surface area contributed by atoms with Gasteiger partial charge in [0.15, 0.2) is 0 Å². The molecule has 0 N–H and O–H groups in total. The molecule has 2 aliphatic heterocycles. The van der Waals surface area contributed by atoms with Crippen LogP contribution in [0.3, 0.4) is 0 Å². The zero-order valence-electron chi connectivity index (χ0n) is 14.0. The van der Waals surface area contributed by atoms with Gasteiger partial charge >= 0.3 is 0 Å². The van der Waals surface area contributed by atoms with E-state index in [9.17, 15) is 8.42 Å². The Morgan fingerprint density at radius 1 is 1.08 bits per heavy atom. The molecule has 1 saturated heterocycles. The Morgan fingerprint density at radius 2 is 1.80 bits per heavy atom. The Morgan fingerprint density at radius 3 is 2.52 bits per heavy atom. The van der Waals surface area contributed by atoms with E-state index >= 15 is 0 Å². The van der Waals surface area contributed by atoms with Crippen LogP contribution in [0.25, 0.3) is 0 Å². The van der Waals surface area contributed by atoms with Crippen molar-refractivity contribution in [2.24, 2.45) is 11.1 Å². The predicted molar refractivity (Wildman–Crippen MR) is 95.7 cm³/mol. The monoisotopic (exact) mass is 356 g/mol. The number of fused-ring (bicyclic) bond motifs is 1. The Balaban J connectivity index is 1.76. The van der Waals surface area contributed by atoms with E-state index in [1.807, 2.05) is 49.4 Å². The third kappa shape index (κ3) is 2.96. The molecule has 0 aliphatic carbocycles. The van der Waals surface area contributed by atoms with Gasteiger partial charge in [0.1, 0.15) is 6.61 Å². The van der Waals surface area contributed by atoms with Crippen molar-refractivity contribution in [2.75, 3.05) is 13.2 Å². The van der Waals surface area contributed by atoms with E-state index in [4.69, 9.17) is 4.84 Å². The first-order chi connectivity index (χ1) is 12.1. The maximum Gasteiger partial charge on any atom is 0.243 e. The highest BCUT2D eigenvalue weighted by Gasteiger charge is 2.42. The molecular weight excluding hydrogens is 336 g/mol. The van der Waals surface area contributed by atoms with Crippen LogP contribution in [0.15, 0.2) is 64.6 Å². The van der Waals surface area contributed by atoms with Crippen LogP contribution in [0, 0.1) is 12.8 Å². The third-order valence-corrected chi connectivity index (χ3v) is 6.78. The molecule has 25 heavy (non-hydrogen) atoms. The molecule has 5 nitrogen and oxygen atoms in total. The van der Waals surface area contributed by atoms with Gasteiger partial charge in [0.2, 0.25) is 10.0 Å². The summed E-state index contributed by atoms with van der Waals surface area (Å²) in [5, 5.41) is 4.13. The van der Waals surface area contributed by atoms with Gasteiger partial charge in [0, 0.05) is 13.0 Å². The first-order valence-electron chi connectivity index (χ1n) is 8.38. The van der Waals surface area contributed by atoms with Crippen LogP contribution in [-0.2, 0) is 14.9 Å². The lowest BCUT2D eigenvalue weighted by Crippen LogP contribution is -2.45. The molecule has 2 aromatic carbocycles. The van der Waals surface area contributed by atoms with Gasteiger partial charge in [-0.15, -0.1) is 0 Å². The van der Waals surface area contributed by atoms with Crippen LogP contribution in [-0.4, -0.2) is 31.6 Å². The lowest BCUT2D eigenvalue weighted by molar-refractivity contribution is 0.145. The summed E-state index contributed by atoms with van der Waals surface area (Å²) < 4.78 is 28.2. The SMILES string of the molecule is Cc1ccc(S(=O)(=O)N2C[C@H]3CON=C3C[C@H]2c2ccccc2)cc1. The summed E-state index contributed by atoms with van der Waals surface area (Å²) in [6.45, 7) is 2.80. The molecule has 1 fully saturated rings. The lowest BCUT2D eigenvalue weighted by Gasteiger charge is -2.37. The van der Waals surface area contributed by atoms with Crippen molar-refractivity contribution in [3.63, 3.8) is 0 Å². The summed E-state index contributed by atoms with van der Waals surface area (Å²) >= 11 is 0. The fourth-order valence-corrected chi connectivity index (χ4v) is 5.12. The molecule has 4 rings (SSSR count). The second-order valence-electron chi connectivity index (χ2n) is 6.59. The summed E-state index contributed by atoms with van der Waals surface area (Å²) in [6.07, 6.45) is 0.569. The van der Waals surface area contributed by atoms with Crippen molar-refractivity contribution in [1.82, 2.24) is 4.31 Å². The minimum absolute atomic E-state index is 0.0418. The molecule has 6 heteroatoms. The zero-order chi connectivity index (χ0) is 17.4. The molecule has 0 radical (unpaired) electrons. The number of aryl methyl sites for hydroxylation is 1. The summed E-state index contributed by atoms with van der Waals surface area (Å²) in [5.74, 6) is 0.0418. The summed E-state index contributed by atoms with van der Waals surface area (Å²) in [5.41, 5.74) is 2.98. The van der Waals surface area contributed by atoms with Crippen molar-refractivity contribution in [2.45, 2.75) is 24.3 Å². The second-order valence-corrected chi connectivity index (χ2v) is 8.48. The average molecular weight is 356 g/mol.